The number of ether oxygens (including phenoxy) is 1. The van der Waals surface area contributed by atoms with Gasteiger partial charge in [-0.3, -0.25) is 0 Å². The van der Waals surface area contributed by atoms with Crippen molar-refractivity contribution in [3.63, 3.8) is 0 Å². The first-order valence-electron chi connectivity index (χ1n) is 11.5. The summed E-state index contributed by atoms with van der Waals surface area (Å²) < 4.78 is 5.20. The van der Waals surface area contributed by atoms with Gasteiger partial charge in [0.05, 0.1) is 6.61 Å². The molecule has 2 fully saturated rings. The standard InChI is InChI=1S/C26H40O/c1-3-21-4-6-22(7-5-21)8-9-23-10-12-24(13-11-23)14-15-25-16-18-26(19-17-25)20-27-2/h3,16-19,21-24H,1,4-15,20H2,2H3/t21-,22-,23-,24-. The van der Waals surface area contributed by atoms with Gasteiger partial charge in [-0.1, -0.05) is 68.9 Å². The zero-order valence-electron chi connectivity index (χ0n) is 17.5. The van der Waals surface area contributed by atoms with E-state index in [1.165, 1.54) is 88.2 Å². The smallest absolute Gasteiger partial charge is 0.0713 e. The Balaban J connectivity index is 1.29. The van der Waals surface area contributed by atoms with Crippen LogP contribution < -0.4 is 0 Å². The van der Waals surface area contributed by atoms with Crippen molar-refractivity contribution in [2.45, 2.75) is 83.7 Å². The second-order valence-electron chi connectivity index (χ2n) is 9.27. The van der Waals surface area contributed by atoms with Crippen molar-refractivity contribution in [2.75, 3.05) is 7.11 Å². The first kappa shape index (κ1) is 20.6. The molecule has 1 heteroatoms. The highest BCUT2D eigenvalue weighted by Gasteiger charge is 2.24. The summed E-state index contributed by atoms with van der Waals surface area (Å²) in [6.07, 6.45) is 19.4. The summed E-state index contributed by atoms with van der Waals surface area (Å²) in [6, 6.07) is 9.03. The highest BCUT2D eigenvalue weighted by molar-refractivity contribution is 5.22. The van der Waals surface area contributed by atoms with Crippen LogP contribution in [0.2, 0.25) is 0 Å². The molecule has 0 amide bonds. The summed E-state index contributed by atoms with van der Waals surface area (Å²) in [5.74, 6) is 3.81. The number of methoxy groups -OCH3 is 1. The predicted octanol–water partition coefficient (Wildman–Crippen LogP) is 7.34. The molecule has 0 atom stereocenters. The van der Waals surface area contributed by atoms with Gasteiger partial charge in [-0.25, -0.2) is 0 Å². The number of allylic oxidation sites excluding steroid dienone is 1. The van der Waals surface area contributed by atoms with E-state index in [0.29, 0.717) is 0 Å². The van der Waals surface area contributed by atoms with E-state index < -0.39 is 0 Å². The molecule has 1 aromatic carbocycles. The summed E-state index contributed by atoms with van der Waals surface area (Å²) >= 11 is 0. The van der Waals surface area contributed by atoms with Gasteiger partial charge in [0.1, 0.15) is 0 Å². The molecule has 0 unspecified atom stereocenters. The van der Waals surface area contributed by atoms with E-state index in [4.69, 9.17) is 4.74 Å². The summed E-state index contributed by atoms with van der Waals surface area (Å²) in [7, 11) is 1.76. The lowest BCUT2D eigenvalue weighted by atomic mass is 9.75. The molecule has 150 valence electrons. The molecular weight excluding hydrogens is 328 g/mol. The monoisotopic (exact) mass is 368 g/mol. The van der Waals surface area contributed by atoms with E-state index in [1.807, 2.05) is 0 Å². The molecule has 0 spiro atoms. The maximum atomic E-state index is 5.20. The van der Waals surface area contributed by atoms with E-state index in [0.717, 1.165) is 30.3 Å². The summed E-state index contributed by atoms with van der Waals surface area (Å²) in [4.78, 5) is 0. The fraction of sp³-hybridized carbons (Fsp3) is 0.692. The molecule has 2 aliphatic carbocycles. The summed E-state index contributed by atoms with van der Waals surface area (Å²) in [6.45, 7) is 4.70. The third-order valence-electron chi connectivity index (χ3n) is 7.35. The van der Waals surface area contributed by atoms with Gasteiger partial charge in [-0.05, 0) is 73.3 Å². The minimum atomic E-state index is 0.722. The fourth-order valence-corrected chi connectivity index (χ4v) is 5.33. The van der Waals surface area contributed by atoms with E-state index in [1.54, 1.807) is 7.11 Å². The first-order chi connectivity index (χ1) is 13.3. The molecule has 0 saturated heterocycles. The Morgan fingerprint density at radius 1 is 0.778 bits per heavy atom. The Kier molecular flexibility index (Phi) is 8.45. The molecule has 0 bridgehead atoms. The number of hydrogen-bond acceptors (Lipinski definition) is 1. The second-order valence-corrected chi connectivity index (χ2v) is 9.27. The predicted molar refractivity (Wildman–Crippen MR) is 116 cm³/mol. The molecule has 2 aliphatic rings. The topological polar surface area (TPSA) is 9.23 Å². The summed E-state index contributed by atoms with van der Waals surface area (Å²) in [5, 5.41) is 0. The largest absolute Gasteiger partial charge is 0.380 e. The van der Waals surface area contributed by atoms with E-state index in [2.05, 4.69) is 36.9 Å². The first-order valence-corrected chi connectivity index (χ1v) is 11.5. The van der Waals surface area contributed by atoms with Crippen LogP contribution in [0.25, 0.3) is 0 Å². The maximum absolute atomic E-state index is 5.20. The SMILES string of the molecule is C=C[C@H]1CC[C@H](CC[C@H]2CC[C@H](CCc3ccc(COC)cc3)CC2)CC1. The van der Waals surface area contributed by atoms with Crippen molar-refractivity contribution >= 4 is 0 Å². The maximum Gasteiger partial charge on any atom is 0.0713 e. The molecular formula is C26H40O. The lowest BCUT2D eigenvalue weighted by molar-refractivity contribution is 0.185. The molecule has 0 radical (unpaired) electrons. The molecule has 1 aromatic rings. The molecule has 0 N–H and O–H groups in total. The Bertz CT molecular complexity index is 530. The third kappa shape index (κ3) is 6.79. The van der Waals surface area contributed by atoms with Crippen LogP contribution in [0.4, 0.5) is 0 Å². The zero-order chi connectivity index (χ0) is 18.9. The highest BCUT2D eigenvalue weighted by Crippen LogP contribution is 2.37. The molecule has 27 heavy (non-hydrogen) atoms. The highest BCUT2D eigenvalue weighted by atomic mass is 16.5. The van der Waals surface area contributed by atoms with Crippen LogP contribution in [0.5, 0.6) is 0 Å². The normalized spacial score (nSPS) is 28.8. The van der Waals surface area contributed by atoms with Gasteiger partial charge in [0.2, 0.25) is 0 Å². The number of aryl methyl sites for hydroxylation is 1. The van der Waals surface area contributed by atoms with Gasteiger partial charge in [-0.2, -0.15) is 0 Å². The zero-order valence-corrected chi connectivity index (χ0v) is 17.5. The van der Waals surface area contributed by atoms with Crippen LogP contribution in [-0.2, 0) is 17.8 Å². The van der Waals surface area contributed by atoms with Crippen molar-refractivity contribution in [3.05, 3.63) is 48.0 Å². The lowest BCUT2D eigenvalue weighted by Crippen LogP contribution is -2.18. The Labute approximate surface area is 167 Å². The Morgan fingerprint density at radius 3 is 1.78 bits per heavy atom. The molecule has 0 aromatic heterocycles. The van der Waals surface area contributed by atoms with E-state index in [-0.39, 0.29) is 0 Å². The van der Waals surface area contributed by atoms with Gasteiger partial charge in [0.25, 0.3) is 0 Å². The van der Waals surface area contributed by atoms with Gasteiger partial charge in [0.15, 0.2) is 0 Å². The van der Waals surface area contributed by atoms with Gasteiger partial charge >= 0.3 is 0 Å². The van der Waals surface area contributed by atoms with Gasteiger partial charge in [0, 0.05) is 7.11 Å². The van der Waals surface area contributed by atoms with Crippen molar-refractivity contribution in [3.8, 4) is 0 Å². The van der Waals surface area contributed by atoms with Crippen molar-refractivity contribution < 1.29 is 4.74 Å². The van der Waals surface area contributed by atoms with Crippen LogP contribution in [-0.4, -0.2) is 7.11 Å². The van der Waals surface area contributed by atoms with Crippen LogP contribution in [0.3, 0.4) is 0 Å². The van der Waals surface area contributed by atoms with Crippen LogP contribution >= 0.6 is 0 Å². The minimum Gasteiger partial charge on any atom is -0.380 e. The Hall–Kier alpha value is -1.08. The molecule has 0 aliphatic heterocycles. The number of rotatable bonds is 9. The molecule has 1 nitrogen and oxygen atoms in total. The average molecular weight is 369 g/mol. The third-order valence-corrected chi connectivity index (χ3v) is 7.35. The number of hydrogen-bond donors (Lipinski definition) is 0. The van der Waals surface area contributed by atoms with Crippen molar-refractivity contribution in [1.29, 1.82) is 0 Å². The summed E-state index contributed by atoms with van der Waals surface area (Å²) in [5.41, 5.74) is 2.77. The quantitative estimate of drug-likeness (QED) is 0.414. The Morgan fingerprint density at radius 2 is 1.26 bits per heavy atom. The minimum absolute atomic E-state index is 0.722. The van der Waals surface area contributed by atoms with E-state index in [9.17, 15) is 0 Å². The number of benzene rings is 1. The van der Waals surface area contributed by atoms with Crippen LogP contribution in [0.1, 0.15) is 81.8 Å². The molecule has 0 heterocycles. The van der Waals surface area contributed by atoms with Gasteiger partial charge in [-0.15, -0.1) is 6.58 Å². The molecule has 3 rings (SSSR count). The second kappa shape index (κ2) is 11.1. The van der Waals surface area contributed by atoms with E-state index >= 15 is 0 Å². The molecule has 2 saturated carbocycles. The van der Waals surface area contributed by atoms with Crippen molar-refractivity contribution in [2.24, 2.45) is 23.7 Å². The fourth-order valence-electron chi connectivity index (χ4n) is 5.33. The van der Waals surface area contributed by atoms with Crippen LogP contribution in [0, 0.1) is 23.7 Å². The average Bonchev–Trinajstić information content (AvgIpc) is 2.73. The van der Waals surface area contributed by atoms with Crippen molar-refractivity contribution in [1.82, 2.24) is 0 Å². The van der Waals surface area contributed by atoms with Gasteiger partial charge < -0.3 is 4.74 Å². The van der Waals surface area contributed by atoms with Crippen LogP contribution in [0.15, 0.2) is 36.9 Å². The lowest BCUT2D eigenvalue weighted by Gasteiger charge is -2.31.